The van der Waals surface area contributed by atoms with E-state index in [2.05, 4.69) is 45.3 Å². The van der Waals surface area contributed by atoms with Gasteiger partial charge in [0, 0.05) is 24.7 Å². The molecule has 2 nitrogen and oxygen atoms in total. The molecule has 0 aliphatic heterocycles. The Kier molecular flexibility index (Phi) is 6.39. The van der Waals surface area contributed by atoms with Crippen LogP contribution in [0.2, 0.25) is 0 Å². The highest BCUT2D eigenvalue weighted by molar-refractivity contribution is 4.72. The van der Waals surface area contributed by atoms with Gasteiger partial charge in [-0.25, -0.2) is 0 Å². The highest BCUT2D eigenvalue weighted by atomic mass is 15.0. The third-order valence-corrected chi connectivity index (χ3v) is 1.77. The summed E-state index contributed by atoms with van der Waals surface area (Å²) in [4.78, 5) is 0. The zero-order valence-corrected chi connectivity index (χ0v) is 8.56. The largest absolute Gasteiger partial charge is 0.313 e. The molecule has 0 bridgehead atoms. The lowest BCUT2D eigenvalue weighted by Crippen LogP contribution is -2.42. The second-order valence-electron chi connectivity index (χ2n) is 3.57. The quantitative estimate of drug-likeness (QED) is 0.629. The first-order chi connectivity index (χ1) is 5.56. The van der Waals surface area contributed by atoms with Crippen LogP contribution in [0.1, 0.15) is 27.2 Å². The van der Waals surface area contributed by atoms with Crippen LogP contribution in [-0.4, -0.2) is 24.7 Å². The maximum absolute atomic E-state index is 3.86. The summed E-state index contributed by atoms with van der Waals surface area (Å²) in [6.07, 6.45) is 0.935. The van der Waals surface area contributed by atoms with Crippen molar-refractivity contribution in [3.63, 3.8) is 0 Å². The van der Waals surface area contributed by atoms with Crippen LogP contribution in [0.5, 0.6) is 0 Å². The highest BCUT2D eigenvalue weighted by Gasteiger charge is 2.05. The molecule has 0 aromatic heterocycles. The van der Waals surface area contributed by atoms with Crippen molar-refractivity contribution in [2.75, 3.05) is 6.54 Å². The maximum Gasteiger partial charge on any atom is 0.0166 e. The maximum atomic E-state index is 3.86. The van der Waals surface area contributed by atoms with E-state index < -0.39 is 0 Å². The van der Waals surface area contributed by atoms with Gasteiger partial charge in [0.15, 0.2) is 0 Å². The number of rotatable bonds is 6. The van der Waals surface area contributed by atoms with Gasteiger partial charge >= 0.3 is 0 Å². The van der Waals surface area contributed by atoms with Gasteiger partial charge in [0.2, 0.25) is 0 Å². The molecule has 0 aromatic rings. The lowest BCUT2D eigenvalue weighted by Gasteiger charge is -2.20. The van der Waals surface area contributed by atoms with Crippen molar-refractivity contribution in [3.05, 3.63) is 13.8 Å². The topological polar surface area (TPSA) is 24.1 Å². The molecule has 0 aromatic carbocycles. The van der Waals surface area contributed by atoms with Crippen molar-refractivity contribution < 1.29 is 0 Å². The molecular formula is C10H22N2. The van der Waals surface area contributed by atoms with Gasteiger partial charge in [-0.2, -0.15) is 0 Å². The van der Waals surface area contributed by atoms with Crippen molar-refractivity contribution in [1.29, 1.82) is 0 Å². The minimum Gasteiger partial charge on any atom is -0.313 e. The Morgan fingerprint density at radius 2 is 1.75 bits per heavy atom. The van der Waals surface area contributed by atoms with E-state index in [1.165, 1.54) is 0 Å². The third-order valence-electron chi connectivity index (χ3n) is 1.77. The van der Waals surface area contributed by atoms with Crippen LogP contribution < -0.4 is 10.6 Å². The van der Waals surface area contributed by atoms with Crippen LogP contribution in [0.3, 0.4) is 0 Å². The summed E-state index contributed by atoms with van der Waals surface area (Å²) in [6, 6.07) is 1.32. The molecule has 12 heavy (non-hydrogen) atoms. The van der Waals surface area contributed by atoms with Crippen LogP contribution in [0.4, 0.5) is 0 Å². The summed E-state index contributed by atoms with van der Waals surface area (Å²) in [5, 5.41) is 6.71. The summed E-state index contributed by atoms with van der Waals surface area (Å²) >= 11 is 0. The zero-order valence-electron chi connectivity index (χ0n) is 8.56. The lowest BCUT2D eigenvalue weighted by molar-refractivity contribution is 0.436. The Morgan fingerprint density at radius 1 is 1.17 bits per heavy atom. The molecule has 3 unspecified atom stereocenters. The summed E-state index contributed by atoms with van der Waals surface area (Å²) in [6.45, 7) is 15.0. The van der Waals surface area contributed by atoms with E-state index in [1.54, 1.807) is 0 Å². The molecule has 0 aliphatic carbocycles. The fourth-order valence-corrected chi connectivity index (χ4v) is 1.01. The Hall–Kier alpha value is -0.0800. The fraction of sp³-hybridized carbons (Fsp3) is 0.800. The van der Waals surface area contributed by atoms with Gasteiger partial charge < -0.3 is 10.6 Å². The predicted octanol–water partition coefficient (Wildman–Crippen LogP) is 1.39. The Balaban J connectivity index is 3.39. The average molecular weight is 170 g/mol. The fourth-order valence-electron chi connectivity index (χ4n) is 1.01. The van der Waals surface area contributed by atoms with Gasteiger partial charge in [-0.1, -0.05) is 6.92 Å². The highest BCUT2D eigenvalue weighted by Crippen LogP contribution is 1.90. The Bertz CT molecular complexity index is 102. The van der Waals surface area contributed by atoms with Crippen molar-refractivity contribution in [3.8, 4) is 0 Å². The van der Waals surface area contributed by atoms with Crippen molar-refractivity contribution >= 4 is 0 Å². The van der Waals surface area contributed by atoms with E-state index in [-0.39, 0.29) is 0 Å². The molecule has 2 N–H and O–H groups in total. The molecule has 2 radical (unpaired) electrons. The van der Waals surface area contributed by atoms with E-state index in [9.17, 15) is 0 Å². The van der Waals surface area contributed by atoms with Crippen molar-refractivity contribution in [2.45, 2.75) is 45.3 Å². The predicted molar refractivity (Wildman–Crippen MR) is 54.9 cm³/mol. The average Bonchev–Trinajstić information content (AvgIpc) is 2.00. The standard InChI is InChI=1S/C10H22N2/c1-6-9(4)12-10(5)7-11-8(2)3/h8-12H,1-2,6-7H2,3-5H3. The minimum absolute atomic E-state index is 0.323. The van der Waals surface area contributed by atoms with E-state index in [0.29, 0.717) is 18.1 Å². The summed E-state index contributed by atoms with van der Waals surface area (Å²) in [7, 11) is 0. The van der Waals surface area contributed by atoms with Crippen molar-refractivity contribution in [2.24, 2.45) is 0 Å². The van der Waals surface area contributed by atoms with Gasteiger partial charge in [-0.3, -0.25) is 0 Å². The molecule has 0 aliphatic rings. The first-order valence-corrected chi connectivity index (χ1v) is 4.68. The van der Waals surface area contributed by atoms with Gasteiger partial charge in [0.05, 0.1) is 0 Å². The smallest absolute Gasteiger partial charge is 0.0166 e. The molecule has 0 amide bonds. The number of hydrogen-bond donors (Lipinski definition) is 2. The third kappa shape index (κ3) is 6.62. The monoisotopic (exact) mass is 170 g/mol. The van der Waals surface area contributed by atoms with Crippen LogP contribution in [0.15, 0.2) is 0 Å². The Morgan fingerprint density at radius 3 is 2.17 bits per heavy atom. The SMILES string of the molecule is [CH2]CC(C)NC(C)CNC([CH2])C. The normalized spacial score (nSPS) is 16.5. The number of hydrogen-bond acceptors (Lipinski definition) is 2. The second-order valence-corrected chi connectivity index (χ2v) is 3.57. The van der Waals surface area contributed by atoms with Gasteiger partial charge in [-0.05, 0) is 34.1 Å². The van der Waals surface area contributed by atoms with Crippen LogP contribution in [0.25, 0.3) is 0 Å². The zero-order chi connectivity index (χ0) is 9.56. The molecule has 2 heteroatoms. The minimum atomic E-state index is 0.323. The molecule has 72 valence electrons. The van der Waals surface area contributed by atoms with Gasteiger partial charge in [0.25, 0.3) is 0 Å². The summed E-state index contributed by atoms with van der Waals surface area (Å²) < 4.78 is 0. The van der Waals surface area contributed by atoms with Crippen LogP contribution >= 0.6 is 0 Å². The molecule has 0 heterocycles. The molecule has 0 saturated heterocycles. The lowest BCUT2D eigenvalue weighted by atomic mass is 10.2. The summed E-state index contributed by atoms with van der Waals surface area (Å²) in [5.41, 5.74) is 0. The first kappa shape index (κ1) is 11.9. The second kappa shape index (κ2) is 6.44. The van der Waals surface area contributed by atoms with E-state index in [1.807, 2.05) is 0 Å². The van der Waals surface area contributed by atoms with E-state index >= 15 is 0 Å². The summed E-state index contributed by atoms with van der Waals surface area (Å²) in [5.74, 6) is 0. The molecule has 0 rings (SSSR count). The van der Waals surface area contributed by atoms with Crippen LogP contribution in [-0.2, 0) is 0 Å². The van der Waals surface area contributed by atoms with E-state index in [0.717, 1.165) is 13.0 Å². The van der Waals surface area contributed by atoms with Crippen LogP contribution in [0, 0.1) is 13.8 Å². The molecule has 0 spiro atoms. The van der Waals surface area contributed by atoms with Gasteiger partial charge in [0.1, 0.15) is 0 Å². The number of nitrogens with one attached hydrogen (secondary N) is 2. The van der Waals surface area contributed by atoms with Crippen molar-refractivity contribution in [1.82, 2.24) is 10.6 Å². The molecule has 0 fully saturated rings. The molecule has 0 saturated carbocycles. The van der Waals surface area contributed by atoms with E-state index in [4.69, 9.17) is 0 Å². The Labute approximate surface area is 77.1 Å². The molecular weight excluding hydrogens is 148 g/mol. The first-order valence-electron chi connectivity index (χ1n) is 4.68. The van der Waals surface area contributed by atoms with Gasteiger partial charge in [-0.15, -0.1) is 0 Å². The molecule has 3 atom stereocenters.